The molecule has 1 saturated heterocycles. The van der Waals surface area contributed by atoms with E-state index >= 15 is 0 Å². The summed E-state index contributed by atoms with van der Waals surface area (Å²) in [7, 11) is 0. The van der Waals surface area contributed by atoms with Gasteiger partial charge in [0.05, 0.1) is 29.3 Å². The van der Waals surface area contributed by atoms with Crippen LogP contribution in [0.25, 0.3) is 33.5 Å². The van der Waals surface area contributed by atoms with E-state index in [9.17, 15) is 0 Å². The monoisotopic (exact) mass is 430 g/mol. The van der Waals surface area contributed by atoms with Crippen molar-refractivity contribution >= 4 is 16.7 Å². The average Bonchev–Trinajstić information content (AvgIpc) is 3.45. The number of hydrogen-bond acceptors (Lipinski definition) is 6. The van der Waals surface area contributed by atoms with E-state index in [2.05, 4.69) is 64.2 Å². The van der Waals surface area contributed by atoms with Crippen molar-refractivity contribution in [2.45, 2.75) is 52.1 Å². The van der Waals surface area contributed by atoms with Crippen LogP contribution in [0.15, 0.2) is 36.8 Å². The van der Waals surface area contributed by atoms with Crippen LogP contribution >= 0.6 is 0 Å². The molecule has 8 heteroatoms. The van der Waals surface area contributed by atoms with Crippen molar-refractivity contribution in [3.8, 4) is 22.6 Å². The van der Waals surface area contributed by atoms with Gasteiger partial charge < -0.3 is 10.6 Å². The molecule has 0 spiro atoms. The van der Waals surface area contributed by atoms with E-state index in [1.165, 1.54) is 5.56 Å². The van der Waals surface area contributed by atoms with E-state index in [4.69, 9.17) is 10.7 Å². The number of H-pyrrole nitrogens is 1. The highest BCUT2D eigenvalue weighted by Gasteiger charge is 2.23. The SMILES string of the molecule is CCn1cc(-c2cc3c(-c4ccc(C(C)C)c(N5CCCC(N)C5)n4)n[nH]c3cn2)cn1. The summed E-state index contributed by atoms with van der Waals surface area (Å²) < 4.78 is 1.90. The number of aromatic nitrogens is 6. The highest BCUT2D eigenvalue weighted by atomic mass is 15.3. The molecule has 4 aromatic rings. The predicted molar refractivity (Wildman–Crippen MR) is 128 cm³/mol. The number of aryl methyl sites for hydroxylation is 1. The van der Waals surface area contributed by atoms with Crippen molar-refractivity contribution in [2.75, 3.05) is 18.0 Å². The molecule has 0 bridgehead atoms. The number of fused-ring (bicyclic) bond motifs is 1. The Kier molecular flexibility index (Phi) is 5.38. The Morgan fingerprint density at radius 1 is 1.22 bits per heavy atom. The van der Waals surface area contributed by atoms with Crippen LogP contribution in [0.4, 0.5) is 5.82 Å². The standard InChI is InChI=1S/C24H30N8/c1-4-32-13-16(11-27-32)21-10-19-22(12-26-21)29-30-23(19)20-8-7-18(15(2)3)24(28-20)31-9-5-6-17(25)14-31/h7-8,10-13,15,17H,4-6,9,14,25H2,1-3H3,(H,29,30). The second-order valence-electron chi connectivity index (χ2n) is 8.88. The summed E-state index contributed by atoms with van der Waals surface area (Å²) >= 11 is 0. The Bertz CT molecular complexity index is 1240. The van der Waals surface area contributed by atoms with Crippen molar-refractivity contribution < 1.29 is 0 Å². The van der Waals surface area contributed by atoms with Crippen LogP contribution in [0.5, 0.6) is 0 Å². The maximum atomic E-state index is 6.28. The molecule has 1 aliphatic rings. The summed E-state index contributed by atoms with van der Waals surface area (Å²) in [5.41, 5.74) is 12.0. The molecule has 5 rings (SSSR count). The topological polar surface area (TPSA) is 102 Å². The van der Waals surface area contributed by atoms with Gasteiger partial charge in [0.15, 0.2) is 0 Å². The van der Waals surface area contributed by atoms with Crippen LogP contribution in [0, 0.1) is 0 Å². The summed E-state index contributed by atoms with van der Waals surface area (Å²) in [5, 5.41) is 13.1. The summed E-state index contributed by atoms with van der Waals surface area (Å²) in [6.07, 6.45) is 7.86. The number of hydrogen-bond donors (Lipinski definition) is 2. The molecular formula is C24H30N8. The summed E-state index contributed by atoms with van der Waals surface area (Å²) in [4.78, 5) is 12.1. The Morgan fingerprint density at radius 3 is 2.84 bits per heavy atom. The van der Waals surface area contributed by atoms with Crippen LogP contribution in [0.2, 0.25) is 0 Å². The zero-order valence-corrected chi connectivity index (χ0v) is 18.9. The maximum Gasteiger partial charge on any atom is 0.132 e. The summed E-state index contributed by atoms with van der Waals surface area (Å²) in [6.45, 7) is 9.15. The van der Waals surface area contributed by atoms with Gasteiger partial charge in [-0.15, -0.1) is 0 Å². The molecule has 1 fully saturated rings. The van der Waals surface area contributed by atoms with E-state index in [0.29, 0.717) is 5.92 Å². The number of nitrogens with one attached hydrogen (secondary N) is 1. The first-order chi connectivity index (χ1) is 15.5. The molecule has 166 valence electrons. The molecule has 1 atom stereocenters. The third kappa shape index (κ3) is 3.75. The van der Waals surface area contributed by atoms with Gasteiger partial charge in [0.2, 0.25) is 0 Å². The van der Waals surface area contributed by atoms with Gasteiger partial charge in [-0.05, 0) is 43.4 Å². The molecule has 0 radical (unpaired) electrons. The van der Waals surface area contributed by atoms with Crippen molar-refractivity contribution in [1.29, 1.82) is 0 Å². The lowest BCUT2D eigenvalue weighted by Crippen LogP contribution is -2.43. The summed E-state index contributed by atoms with van der Waals surface area (Å²) in [5.74, 6) is 1.41. The second-order valence-corrected chi connectivity index (χ2v) is 8.88. The van der Waals surface area contributed by atoms with E-state index < -0.39 is 0 Å². The molecule has 5 heterocycles. The van der Waals surface area contributed by atoms with Crippen molar-refractivity contribution in [3.05, 3.63) is 42.4 Å². The number of aromatic amines is 1. The van der Waals surface area contributed by atoms with Crippen LogP contribution in [0.1, 0.15) is 45.1 Å². The predicted octanol–water partition coefficient (Wildman–Crippen LogP) is 3.95. The number of pyridine rings is 2. The third-order valence-corrected chi connectivity index (χ3v) is 6.23. The molecule has 1 unspecified atom stereocenters. The zero-order chi connectivity index (χ0) is 22.2. The van der Waals surface area contributed by atoms with E-state index in [0.717, 1.165) is 71.8 Å². The van der Waals surface area contributed by atoms with Gasteiger partial charge in [-0.25, -0.2) is 4.98 Å². The normalized spacial score (nSPS) is 16.9. The molecule has 8 nitrogen and oxygen atoms in total. The van der Waals surface area contributed by atoms with Gasteiger partial charge in [0.1, 0.15) is 11.5 Å². The van der Waals surface area contributed by atoms with Gasteiger partial charge in [-0.2, -0.15) is 10.2 Å². The van der Waals surface area contributed by atoms with Crippen molar-refractivity contribution in [1.82, 2.24) is 29.9 Å². The minimum atomic E-state index is 0.193. The molecule has 4 aromatic heterocycles. The van der Waals surface area contributed by atoms with E-state index in [1.54, 1.807) is 0 Å². The first-order valence-corrected chi connectivity index (χ1v) is 11.4. The van der Waals surface area contributed by atoms with E-state index in [-0.39, 0.29) is 6.04 Å². The van der Waals surface area contributed by atoms with Crippen molar-refractivity contribution in [2.24, 2.45) is 5.73 Å². The minimum Gasteiger partial charge on any atom is -0.355 e. The molecule has 0 saturated carbocycles. The Morgan fingerprint density at radius 2 is 2.09 bits per heavy atom. The maximum absolute atomic E-state index is 6.28. The van der Waals surface area contributed by atoms with Crippen LogP contribution in [-0.4, -0.2) is 49.1 Å². The average molecular weight is 431 g/mol. The number of nitrogens with two attached hydrogens (primary N) is 1. The van der Waals surface area contributed by atoms with Crippen LogP contribution in [0.3, 0.4) is 0 Å². The molecule has 3 N–H and O–H groups in total. The number of nitrogens with zero attached hydrogens (tertiary/aromatic N) is 6. The highest BCUT2D eigenvalue weighted by Crippen LogP contribution is 2.33. The lowest BCUT2D eigenvalue weighted by Gasteiger charge is -2.33. The number of rotatable bonds is 5. The van der Waals surface area contributed by atoms with Crippen molar-refractivity contribution in [3.63, 3.8) is 0 Å². The fourth-order valence-corrected chi connectivity index (χ4v) is 4.44. The Balaban J connectivity index is 1.58. The minimum absolute atomic E-state index is 0.193. The van der Waals surface area contributed by atoms with Gasteiger partial charge in [-0.3, -0.25) is 14.8 Å². The fourth-order valence-electron chi connectivity index (χ4n) is 4.44. The van der Waals surface area contributed by atoms with Crippen LogP contribution in [-0.2, 0) is 6.54 Å². The number of anilines is 1. The van der Waals surface area contributed by atoms with E-state index in [1.807, 2.05) is 23.3 Å². The summed E-state index contributed by atoms with van der Waals surface area (Å²) in [6, 6.07) is 6.53. The van der Waals surface area contributed by atoms with Gasteiger partial charge in [-0.1, -0.05) is 19.9 Å². The van der Waals surface area contributed by atoms with Gasteiger partial charge >= 0.3 is 0 Å². The Hall–Kier alpha value is -3.26. The fraction of sp³-hybridized carbons (Fsp3) is 0.417. The molecule has 0 aliphatic carbocycles. The smallest absolute Gasteiger partial charge is 0.132 e. The lowest BCUT2D eigenvalue weighted by molar-refractivity contribution is 0.501. The number of piperidine rings is 1. The quantitative estimate of drug-likeness (QED) is 0.497. The van der Waals surface area contributed by atoms with Gasteiger partial charge in [0, 0.05) is 42.8 Å². The largest absolute Gasteiger partial charge is 0.355 e. The molecule has 0 aromatic carbocycles. The second kappa shape index (κ2) is 8.35. The third-order valence-electron chi connectivity index (χ3n) is 6.23. The zero-order valence-electron chi connectivity index (χ0n) is 18.9. The molecule has 1 aliphatic heterocycles. The molecule has 32 heavy (non-hydrogen) atoms. The Labute approximate surface area is 187 Å². The first kappa shape index (κ1) is 20.6. The lowest BCUT2D eigenvalue weighted by atomic mass is 10.00. The first-order valence-electron chi connectivity index (χ1n) is 11.4. The molecular weight excluding hydrogens is 400 g/mol. The van der Waals surface area contributed by atoms with Crippen LogP contribution < -0.4 is 10.6 Å². The van der Waals surface area contributed by atoms with Gasteiger partial charge in [0.25, 0.3) is 0 Å². The highest BCUT2D eigenvalue weighted by molar-refractivity contribution is 5.93. The molecule has 0 amide bonds.